The lowest BCUT2D eigenvalue weighted by molar-refractivity contribution is -0.122. The molecular formula is C20H22N4O2S2. The molecule has 0 aromatic carbocycles. The Balaban J connectivity index is 1.88. The smallest absolute Gasteiger partial charge is 0.267 e. The van der Waals surface area contributed by atoms with E-state index < -0.39 is 0 Å². The van der Waals surface area contributed by atoms with Gasteiger partial charge in [0.05, 0.1) is 10.5 Å². The van der Waals surface area contributed by atoms with E-state index in [4.69, 9.17) is 17.2 Å². The first kappa shape index (κ1) is 19.1. The second-order valence-electron chi connectivity index (χ2n) is 7.12. The number of nitrogens with zero attached hydrogens (tertiary/aromatic N) is 4. The minimum Gasteiger partial charge on any atom is -0.356 e. The van der Waals surface area contributed by atoms with Crippen LogP contribution < -0.4 is 10.5 Å². The minimum absolute atomic E-state index is 0.127. The van der Waals surface area contributed by atoms with Crippen molar-refractivity contribution in [2.24, 2.45) is 0 Å². The molecule has 2 saturated heterocycles. The van der Waals surface area contributed by atoms with Crippen LogP contribution in [-0.4, -0.2) is 44.1 Å². The van der Waals surface area contributed by atoms with Gasteiger partial charge in [0.15, 0.2) is 0 Å². The zero-order chi connectivity index (χ0) is 19.8. The molecule has 0 radical (unpaired) electrons. The summed E-state index contributed by atoms with van der Waals surface area (Å²) in [6, 6.07) is 3.81. The number of aryl methyl sites for hydroxylation is 1. The third-order valence-electron chi connectivity index (χ3n) is 4.99. The van der Waals surface area contributed by atoms with Gasteiger partial charge >= 0.3 is 0 Å². The molecule has 146 valence electrons. The average Bonchev–Trinajstić information content (AvgIpc) is 3.29. The molecular weight excluding hydrogens is 392 g/mol. The van der Waals surface area contributed by atoms with E-state index in [0.29, 0.717) is 32.8 Å². The van der Waals surface area contributed by atoms with E-state index in [-0.39, 0.29) is 11.5 Å². The van der Waals surface area contributed by atoms with Gasteiger partial charge < -0.3 is 4.90 Å². The molecule has 0 N–H and O–H groups in total. The monoisotopic (exact) mass is 414 g/mol. The fraction of sp³-hybridized carbons (Fsp3) is 0.400. The number of fused-ring (bicyclic) bond motifs is 1. The molecule has 6 nitrogen and oxygen atoms in total. The lowest BCUT2D eigenvalue weighted by Crippen LogP contribution is -2.29. The van der Waals surface area contributed by atoms with Gasteiger partial charge in [-0.2, -0.15) is 0 Å². The lowest BCUT2D eigenvalue weighted by atomic mass is 10.2. The Kier molecular flexibility index (Phi) is 5.25. The predicted molar refractivity (Wildman–Crippen MR) is 118 cm³/mol. The number of rotatable bonds is 4. The van der Waals surface area contributed by atoms with E-state index in [9.17, 15) is 9.59 Å². The maximum absolute atomic E-state index is 13.3. The summed E-state index contributed by atoms with van der Waals surface area (Å²) in [7, 11) is 0. The molecule has 0 bridgehead atoms. The molecule has 0 aliphatic carbocycles. The van der Waals surface area contributed by atoms with Crippen LogP contribution in [0.3, 0.4) is 0 Å². The Bertz CT molecular complexity index is 1050. The molecule has 2 aromatic heterocycles. The number of carbonyl (C=O) groups is 1. The Labute approximate surface area is 173 Å². The van der Waals surface area contributed by atoms with Gasteiger partial charge in [0.1, 0.15) is 15.8 Å². The summed E-state index contributed by atoms with van der Waals surface area (Å²) < 4.78 is 2.11. The number of thiocarbonyl (C=S) groups is 1. The number of amides is 1. The molecule has 2 aliphatic rings. The molecule has 0 spiro atoms. The van der Waals surface area contributed by atoms with Crippen LogP contribution in [0.5, 0.6) is 0 Å². The van der Waals surface area contributed by atoms with Crippen molar-refractivity contribution >= 4 is 51.7 Å². The number of hydrogen-bond donors (Lipinski definition) is 0. The number of pyridine rings is 1. The molecule has 4 heterocycles. The molecule has 8 heteroatoms. The van der Waals surface area contributed by atoms with E-state index in [1.165, 1.54) is 11.8 Å². The fourth-order valence-electron chi connectivity index (χ4n) is 3.59. The van der Waals surface area contributed by atoms with Crippen molar-refractivity contribution in [3.63, 3.8) is 0 Å². The molecule has 0 saturated carbocycles. The van der Waals surface area contributed by atoms with Crippen LogP contribution in [-0.2, 0) is 4.79 Å². The quantitative estimate of drug-likeness (QED) is 0.566. The number of thioether (sulfide) groups is 1. The van der Waals surface area contributed by atoms with Gasteiger partial charge in [-0.1, -0.05) is 37.0 Å². The average molecular weight is 415 g/mol. The van der Waals surface area contributed by atoms with Gasteiger partial charge in [0.2, 0.25) is 0 Å². The van der Waals surface area contributed by atoms with Crippen LogP contribution in [0.2, 0.25) is 0 Å². The highest BCUT2D eigenvalue weighted by Crippen LogP contribution is 2.34. The van der Waals surface area contributed by atoms with Crippen LogP contribution in [0.15, 0.2) is 28.0 Å². The maximum Gasteiger partial charge on any atom is 0.267 e. The summed E-state index contributed by atoms with van der Waals surface area (Å²) in [6.45, 7) is 6.28. The summed E-state index contributed by atoms with van der Waals surface area (Å²) >= 11 is 6.62. The summed E-state index contributed by atoms with van der Waals surface area (Å²) in [4.78, 5) is 35.1. The van der Waals surface area contributed by atoms with Gasteiger partial charge in [0, 0.05) is 25.8 Å². The second-order valence-corrected chi connectivity index (χ2v) is 8.79. The molecule has 0 unspecified atom stereocenters. The molecule has 1 amide bonds. The molecule has 0 atom stereocenters. The number of aromatic nitrogens is 2. The second kappa shape index (κ2) is 7.67. The van der Waals surface area contributed by atoms with Crippen LogP contribution in [0.25, 0.3) is 11.7 Å². The molecule has 4 rings (SSSR count). The van der Waals surface area contributed by atoms with Crippen LogP contribution in [0.4, 0.5) is 5.82 Å². The van der Waals surface area contributed by atoms with Crippen LogP contribution >= 0.6 is 24.0 Å². The first-order valence-corrected chi connectivity index (χ1v) is 10.8. The van der Waals surface area contributed by atoms with Gasteiger partial charge in [0.25, 0.3) is 11.5 Å². The van der Waals surface area contributed by atoms with Crippen molar-refractivity contribution in [3.05, 3.63) is 44.7 Å². The van der Waals surface area contributed by atoms with E-state index in [2.05, 4.69) is 4.90 Å². The standard InChI is InChI=1S/C20H22N4O2S2/c1-3-8-23-19(26)15(28-20(23)27)11-14-17(22-9-4-5-10-22)21-16-7-6-13(2)12-24(16)18(14)25/h6-7,11-12H,3-5,8-10H2,1-2H3/b15-11+. The molecule has 2 aliphatic heterocycles. The highest BCUT2D eigenvalue weighted by atomic mass is 32.2. The third-order valence-corrected chi connectivity index (χ3v) is 6.37. The first-order chi connectivity index (χ1) is 13.5. The third kappa shape index (κ3) is 3.35. The van der Waals surface area contributed by atoms with Crippen LogP contribution in [0.1, 0.15) is 37.3 Å². The highest BCUT2D eigenvalue weighted by Gasteiger charge is 2.32. The minimum atomic E-state index is -0.156. The largest absolute Gasteiger partial charge is 0.356 e. The van der Waals surface area contributed by atoms with E-state index in [1.54, 1.807) is 21.6 Å². The Hall–Kier alpha value is -2.19. The molecule has 28 heavy (non-hydrogen) atoms. The number of hydrogen-bond acceptors (Lipinski definition) is 6. The molecule has 2 aromatic rings. The maximum atomic E-state index is 13.3. The summed E-state index contributed by atoms with van der Waals surface area (Å²) in [5.41, 5.74) is 1.90. The Morgan fingerprint density at radius 3 is 2.71 bits per heavy atom. The van der Waals surface area contributed by atoms with Crippen LogP contribution in [0, 0.1) is 6.92 Å². The van der Waals surface area contributed by atoms with Crippen molar-refractivity contribution in [3.8, 4) is 0 Å². The zero-order valence-electron chi connectivity index (χ0n) is 16.0. The van der Waals surface area contributed by atoms with Gasteiger partial charge in [-0.25, -0.2) is 4.98 Å². The lowest BCUT2D eigenvalue weighted by Gasteiger charge is -2.19. The van der Waals surface area contributed by atoms with Crippen molar-refractivity contribution in [2.45, 2.75) is 33.1 Å². The summed E-state index contributed by atoms with van der Waals surface area (Å²) in [5, 5.41) is 0. The Morgan fingerprint density at radius 1 is 1.25 bits per heavy atom. The highest BCUT2D eigenvalue weighted by molar-refractivity contribution is 8.26. The van der Waals surface area contributed by atoms with E-state index >= 15 is 0 Å². The van der Waals surface area contributed by atoms with Gasteiger partial charge in [-0.15, -0.1) is 0 Å². The summed E-state index contributed by atoms with van der Waals surface area (Å²) in [5.74, 6) is 0.532. The van der Waals surface area contributed by atoms with Gasteiger partial charge in [-0.3, -0.25) is 18.9 Å². The topological polar surface area (TPSA) is 57.9 Å². The predicted octanol–water partition coefficient (Wildman–Crippen LogP) is 3.21. The van der Waals surface area contributed by atoms with Crippen molar-refractivity contribution < 1.29 is 4.79 Å². The normalized spacial score (nSPS) is 18.9. The molecule has 2 fully saturated rings. The van der Waals surface area contributed by atoms with E-state index in [1.807, 2.05) is 26.0 Å². The first-order valence-electron chi connectivity index (χ1n) is 9.53. The number of carbonyl (C=O) groups excluding carboxylic acids is 1. The van der Waals surface area contributed by atoms with Gasteiger partial charge in [-0.05, 0) is 43.9 Å². The van der Waals surface area contributed by atoms with E-state index in [0.717, 1.165) is 37.9 Å². The SMILES string of the molecule is CCCN1C(=O)/C(=C\c2c(N3CCCC3)nc3ccc(C)cn3c2=O)SC1=S. The van der Waals surface area contributed by atoms with Crippen molar-refractivity contribution in [1.82, 2.24) is 14.3 Å². The van der Waals surface area contributed by atoms with Crippen molar-refractivity contribution in [2.75, 3.05) is 24.5 Å². The zero-order valence-corrected chi connectivity index (χ0v) is 17.6. The van der Waals surface area contributed by atoms with Crippen molar-refractivity contribution in [1.29, 1.82) is 0 Å². The summed E-state index contributed by atoms with van der Waals surface area (Å²) in [6.07, 6.45) is 6.46. The Morgan fingerprint density at radius 2 is 2.00 bits per heavy atom. The number of anilines is 1. The fourth-order valence-corrected chi connectivity index (χ4v) is 4.88.